The molecule has 4 rings (SSSR count). The third-order valence-corrected chi connectivity index (χ3v) is 7.40. The molecule has 1 N–H and O–H groups in total. The Morgan fingerprint density at radius 1 is 1.19 bits per heavy atom. The van der Waals surface area contributed by atoms with Gasteiger partial charge >= 0.3 is 12.1 Å². The summed E-state index contributed by atoms with van der Waals surface area (Å²) in [5.41, 5.74) is 3.17. The van der Waals surface area contributed by atoms with Gasteiger partial charge in [0.15, 0.2) is 5.58 Å². The van der Waals surface area contributed by atoms with E-state index in [0.717, 1.165) is 39.0 Å². The fraction of sp³-hybridized carbons (Fsp3) is 0.370. The third kappa shape index (κ3) is 5.64. The van der Waals surface area contributed by atoms with Crippen LogP contribution in [0.4, 0.5) is 18.9 Å². The molecule has 4 aromatic rings. The van der Waals surface area contributed by atoms with Crippen LogP contribution < -0.4 is 4.90 Å². The molecule has 0 radical (unpaired) electrons. The average Bonchev–Trinajstić information content (AvgIpc) is 3.44. The first kappa shape index (κ1) is 26.7. The summed E-state index contributed by atoms with van der Waals surface area (Å²) in [6.07, 6.45) is -3.38. The van der Waals surface area contributed by atoms with Crippen molar-refractivity contribution in [2.24, 2.45) is 0 Å². The van der Waals surface area contributed by atoms with Gasteiger partial charge in [0.25, 0.3) is 0 Å². The molecule has 0 fully saturated rings. The molecule has 2 aromatic carbocycles. The van der Waals surface area contributed by atoms with Crippen molar-refractivity contribution in [2.75, 3.05) is 18.0 Å². The van der Waals surface area contributed by atoms with Gasteiger partial charge in [-0.15, -0.1) is 11.3 Å². The summed E-state index contributed by atoms with van der Waals surface area (Å²) in [4.78, 5) is 18.5. The molecule has 196 valence electrons. The fourth-order valence-electron chi connectivity index (χ4n) is 4.44. The Hall–Kier alpha value is -3.40. The molecule has 2 aromatic heterocycles. The van der Waals surface area contributed by atoms with Gasteiger partial charge in [0.1, 0.15) is 11.6 Å². The van der Waals surface area contributed by atoms with E-state index in [1.54, 1.807) is 11.0 Å². The molecule has 0 atom stereocenters. The summed E-state index contributed by atoms with van der Waals surface area (Å²) in [5.74, 6) is -0.867. The first-order valence-corrected chi connectivity index (χ1v) is 12.8. The van der Waals surface area contributed by atoms with Crippen LogP contribution in [0.3, 0.4) is 0 Å². The SMILES string of the molecule is CCN(CC(=O)O)c1cc2onc(CCc3sc(-c4ccccc4C(F)(F)F)nc3C(C)C)c2cc1C. The number of carbonyl (C=O) groups is 1. The Balaban J connectivity index is 1.63. The highest BCUT2D eigenvalue weighted by molar-refractivity contribution is 7.15. The molecule has 2 heterocycles. The second-order valence-corrected chi connectivity index (χ2v) is 10.3. The lowest BCUT2D eigenvalue weighted by Gasteiger charge is -2.22. The highest BCUT2D eigenvalue weighted by Gasteiger charge is 2.34. The van der Waals surface area contributed by atoms with Crippen LogP contribution in [0.1, 0.15) is 54.1 Å². The van der Waals surface area contributed by atoms with Crippen molar-refractivity contribution in [3.05, 3.63) is 63.8 Å². The van der Waals surface area contributed by atoms with Crippen LogP contribution in [-0.2, 0) is 23.8 Å². The van der Waals surface area contributed by atoms with Crippen molar-refractivity contribution < 1.29 is 27.6 Å². The Kier molecular flexibility index (Phi) is 7.59. The van der Waals surface area contributed by atoms with Crippen LogP contribution in [0, 0.1) is 6.92 Å². The first-order valence-electron chi connectivity index (χ1n) is 12.0. The normalized spacial score (nSPS) is 12.0. The predicted molar refractivity (Wildman–Crippen MR) is 138 cm³/mol. The zero-order chi connectivity index (χ0) is 26.9. The van der Waals surface area contributed by atoms with Gasteiger partial charge in [0, 0.05) is 34.1 Å². The first-order chi connectivity index (χ1) is 17.5. The summed E-state index contributed by atoms with van der Waals surface area (Å²) in [6.45, 7) is 8.17. The van der Waals surface area contributed by atoms with E-state index in [1.807, 2.05) is 39.8 Å². The number of thiazole rings is 1. The molecule has 0 saturated carbocycles. The number of hydrogen-bond donors (Lipinski definition) is 1. The van der Waals surface area contributed by atoms with Crippen molar-refractivity contribution in [2.45, 2.75) is 52.6 Å². The van der Waals surface area contributed by atoms with Gasteiger partial charge in [0.2, 0.25) is 0 Å². The number of rotatable bonds is 9. The van der Waals surface area contributed by atoms with E-state index in [4.69, 9.17) is 4.52 Å². The summed E-state index contributed by atoms with van der Waals surface area (Å²) >= 11 is 1.28. The minimum Gasteiger partial charge on any atom is -0.480 e. The topological polar surface area (TPSA) is 79.5 Å². The van der Waals surface area contributed by atoms with E-state index >= 15 is 0 Å². The van der Waals surface area contributed by atoms with Crippen molar-refractivity contribution in [3.63, 3.8) is 0 Å². The van der Waals surface area contributed by atoms with Crippen LogP contribution in [0.15, 0.2) is 40.9 Å². The number of benzene rings is 2. The largest absolute Gasteiger partial charge is 0.480 e. The molecule has 0 bridgehead atoms. The Morgan fingerprint density at radius 2 is 1.92 bits per heavy atom. The van der Waals surface area contributed by atoms with Crippen molar-refractivity contribution in [1.29, 1.82) is 0 Å². The van der Waals surface area contributed by atoms with Gasteiger partial charge in [0.05, 0.1) is 17.0 Å². The smallest absolute Gasteiger partial charge is 0.417 e. The number of carboxylic acid groups (broad SMARTS) is 1. The molecule has 37 heavy (non-hydrogen) atoms. The van der Waals surface area contributed by atoms with Gasteiger partial charge < -0.3 is 14.5 Å². The van der Waals surface area contributed by atoms with Gasteiger partial charge in [-0.25, -0.2) is 4.98 Å². The zero-order valence-electron chi connectivity index (χ0n) is 21.0. The summed E-state index contributed by atoms with van der Waals surface area (Å²) in [5, 5.41) is 14.7. The van der Waals surface area contributed by atoms with E-state index in [9.17, 15) is 23.1 Å². The molecule has 0 saturated heterocycles. The Labute approximate surface area is 216 Å². The van der Waals surface area contributed by atoms with Crippen molar-refractivity contribution in [3.8, 4) is 10.6 Å². The molecule has 0 amide bonds. The highest BCUT2D eigenvalue weighted by atomic mass is 32.1. The zero-order valence-corrected chi connectivity index (χ0v) is 21.8. The molecule has 0 aliphatic heterocycles. The number of hydrogen-bond acceptors (Lipinski definition) is 6. The number of anilines is 1. The molecular weight excluding hydrogens is 503 g/mol. The number of fused-ring (bicyclic) bond motifs is 1. The van der Waals surface area contributed by atoms with Gasteiger partial charge in [-0.1, -0.05) is 37.2 Å². The summed E-state index contributed by atoms with van der Waals surface area (Å²) in [7, 11) is 0. The minimum absolute atomic E-state index is 0.0474. The Morgan fingerprint density at radius 3 is 2.57 bits per heavy atom. The fourth-order valence-corrected chi connectivity index (χ4v) is 5.70. The molecule has 6 nitrogen and oxygen atoms in total. The highest BCUT2D eigenvalue weighted by Crippen LogP contribution is 2.40. The Bertz CT molecular complexity index is 1430. The van der Waals surface area contributed by atoms with Crippen LogP contribution in [0.2, 0.25) is 0 Å². The van der Waals surface area contributed by atoms with E-state index in [2.05, 4.69) is 10.1 Å². The van der Waals surface area contributed by atoms with Gasteiger partial charge in [-0.3, -0.25) is 4.79 Å². The maximum absolute atomic E-state index is 13.6. The van der Waals surface area contributed by atoms with Gasteiger partial charge in [-0.05, 0) is 50.3 Å². The molecule has 0 spiro atoms. The summed E-state index contributed by atoms with van der Waals surface area (Å²) < 4.78 is 46.4. The number of halogens is 3. The van der Waals surface area contributed by atoms with Crippen LogP contribution in [-0.4, -0.2) is 34.3 Å². The molecule has 0 unspecified atom stereocenters. The lowest BCUT2D eigenvalue weighted by molar-refractivity contribution is -0.137. The minimum atomic E-state index is -4.46. The molecule has 0 aliphatic carbocycles. The number of aromatic nitrogens is 2. The maximum Gasteiger partial charge on any atom is 0.417 e. The second-order valence-electron chi connectivity index (χ2n) is 9.20. The van der Waals surface area contributed by atoms with Crippen LogP contribution in [0.5, 0.6) is 0 Å². The second kappa shape index (κ2) is 10.5. The average molecular weight is 532 g/mol. The third-order valence-electron chi connectivity index (χ3n) is 6.24. The van der Waals surface area contributed by atoms with Crippen LogP contribution >= 0.6 is 11.3 Å². The number of alkyl halides is 3. The number of nitrogens with zero attached hydrogens (tertiary/aromatic N) is 3. The van der Waals surface area contributed by atoms with E-state index in [1.165, 1.54) is 23.5 Å². The molecule has 0 aliphatic rings. The monoisotopic (exact) mass is 531 g/mol. The van der Waals surface area contributed by atoms with E-state index < -0.39 is 17.7 Å². The number of likely N-dealkylation sites (N-methyl/N-ethyl adjacent to an activating group) is 1. The van der Waals surface area contributed by atoms with Crippen molar-refractivity contribution >= 4 is 34.0 Å². The summed E-state index contributed by atoms with van der Waals surface area (Å²) in [6, 6.07) is 9.28. The van der Waals surface area contributed by atoms with E-state index in [0.29, 0.717) is 30.0 Å². The molecular formula is C27H28F3N3O3S. The number of carboxylic acids is 1. The molecule has 10 heteroatoms. The number of aliphatic carboxylic acids is 1. The van der Waals surface area contributed by atoms with Crippen molar-refractivity contribution in [1.82, 2.24) is 10.1 Å². The number of aryl methyl sites for hydroxylation is 3. The van der Waals surface area contributed by atoms with Crippen LogP contribution in [0.25, 0.3) is 21.5 Å². The van der Waals surface area contributed by atoms with Gasteiger partial charge in [-0.2, -0.15) is 13.2 Å². The maximum atomic E-state index is 13.6. The quantitative estimate of drug-likeness (QED) is 0.248. The predicted octanol–water partition coefficient (Wildman–Crippen LogP) is 7.10. The lowest BCUT2D eigenvalue weighted by Crippen LogP contribution is -2.29. The standard InChI is InChI=1S/C27H28F3N3O3S/c1-5-33(14-24(34)35)21-13-22-18(12-16(21)4)20(32-36-22)10-11-23-25(15(2)3)31-26(37-23)17-8-6-7-9-19(17)27(28,29)30/h6-9,12-13,15H,5,10-11,14H2,1-4H3,(H,34,35). The lowest BCUT2D eigenvalue weighted by atomic mass is 10.0. The van der Waals surface area contributed by atoms with E-state index in [-0.39, 0.29) is 18.0 Å².